The number of hydrogen-bond donors (Lipinski definition) is 1. The average molecular weight is 226 g/mol. The average Bonchev–Trinajstić information content (AvgIpc) is 2.27. The summed E-state index contributed by atoms with van der Waals surface area (Å²) < 4.78 is 0. The lowest BCUT2D eigenvalue weighted by molar-refractivity contribution is 0.0828. The fraction of sp³-hybridized carbons (Fsp3) is 1.00. The van der Waals surface area contributed by atoms with Gasteiger partial charge >= 0.3 is 0 Å². The van der Waals surface area contributed by atoms with Crippen molar-refractivity contribution in [2.75, 3.05) is 6.54 Å². The Hall–Kier alpha value is -0.0800. The molecular formula is C14H30N2. The van der Waals surface area contributed by atoms with Crippen LogP contribution in [0.1, 0.15) is 59.8 Å². The quantitative estimate of drug-likeness (QED) is 0.781. The first-order valence-corrected chi connectivity index (χ1v) is 7.11. The Balaban J connectivity index is 2.64. The molecule has 1 fully saturated rings. The van der Waals surface area contributed by atoms with Crippen LogP contribution >= 0.6 is 0 Å². The normalized spacial score (nSPS) is 31.3. The third kappa shape index (κ3) is 3.46. The van der Waals surface area contributed by atoms with Gasteiger partial charge in [-0.15, -0.1) is 0 Å². The van der Waals surface area contributed by atoms with E-state index in [4.69, 9.17) is 5.73 Å². The molecule has 0 aromatic heterocycles. The topological polar surface area (TPSA) is 29.3 Å². The molecule has 96 valence electrons. The molecule has 0 saturated heterocycles. The van der Waals surface area contributed by atoms with E-state index < -0.39 is 0 Å². The summed E-state index contributed by atoms with van der Waals surface area (Å²) in [6.07, 6.45) is 6.43. The first-order chi connectivity index (χ1) is 7.60. The van der Waals surface area contributed by atoms with Crippen molar-refractivity contribution in [3.63, 3.8) is 0 Å². The first-order valence-electron chi connectivity index (χ1n) is 7.11. The standard InChI is InChI=1S/C14H30N2/c1-5-9-16(11(3)4)14-10-12(6-2)7-8-13(14)15/h11-14H,5-10,15H2,1-4H3. The Morgan fingerprint density at radius 1 is 1.25 bits per heavy atom. The van der Waals surface area contributed by atoms with Crippen molar-refractivity contribution in [3.05, 3.63) is 0 Å². The van der Waals surface area contributed by atoms with Crippen molar-refractivity contribution in [2.24, 2.45) is 11.7 Å². The van der Waals surface area contributed by atoms with Crippen LogP contribution in [0.15, 0.2) is 0 Å². The van der Waals surface area contributed by atoms with Gasteiger partial charge in [0.2, 0.25) is 0 Å². The van der Waals surface area contributed by atoms with Gasteiger partial charge in [-0.2, -0.15) is 0 Å². The summed E-state index contributed by atoms with van der Waals surface area (Å²) in [5.74, 6) is 0.905. The smallest absolute Gasteiger partial charge is 0.0252 e. The fourth-order valence-electron chi connectivity index (χ4n) is 3.07. The summed E-state index contributed by atoms with van der Waals surface area (Å²) in [4.78, 5) is 2.63. The molecule has 0 bridgehead atoms. The molecule has 0 aromatic rings. The number of hydrogen-bond acceptors (Lipinski definition) is 2. The zero-order valence-corrected chi connectivity index (χ0v) is 11.6. The van der Waals surface area contributed by atoms with Crippen molar-refractivity contribution in [3.8, 4) is 0 Å². The maximum atomic E-state index is 6.32. The van der Waals surface area contributed by atoms with E-state index >= 15 is 0 Å². The highest BCUT2D eigenvalue weighted by atomic mass is 15.2. The number of rotatable bonds is 5. The van der Waals surface area contributed by atoms with Crippen molar-refractivity contribution in [1.29, 1.82) is 0 Å². The monoisotopic (exact) mass is 226 g/mol. The fourth-order valence-corrected chi connectivity index (χ4v) is 3.07. The molecule has 0 spiro atoms. The molecule has 1 aliphatic rings. The van der Waals surface area contributed by atoms with Crippen LogP contribution in [0, 0.1) is 5.92 Å². The lowest BCUT2D eigenvalue weighted by Gasteiger charge is -2.43. The van der Waals surface area contributed by atoms with E-state index in [0.29, 0.717) is 18.1 Å². The largest absolute Gasteiger partial charge is 0.326 e. The minimum Gasteiger partial charge on any atom is -0.326 e. The second kappa shape index (κ2) is 6.61. The SMILES string of the molecule is CCCN(C(C)C)C1CC(CC)CCC1N. The van der Waals surface area contributed by atoms with Crippen LogP contribution < -0.4 is 5.73 Å². The summed E-state index contributed by atoms with van der Waals surface area (Å²) >= 11 is 0. The van der Waals surface area contributed by atoms with Gasteiger partial charge in [0.1, 0.15) is 0 Å². The van der Waals surface area contributed by atoms with E-state index in [1.165, 1.54) is 38.6 Å². The second-order valence-electron chi connectivity index (χ2n) is 5.65. The predicted octanol–water partition coefficient (Wildman–Crippen LogP) is 3.01. The van der Waals surface area contributed by atoms with Gasteiger partial charge in [0.15, 0.2) is 0 Å². The van der Waals surface area contributed by atoms with Gasteiger partial charge in [-0.25, -0.2) is 0 Å². The minimum absolute atomic E-state index is 0.400. The van der Waals surface area contributed by atoms with Crippen molar-refractivity contribution in [2.45, 2.75) is 77.9 Å². The Morgan fingerprint density at radius 2 is 1.94 bits per heavy atom. The molecule has 1 aliphatic carbocycles. The lowest BCUT2D eigenvalue weighted by Crippen LogP contribution is -2.53. The molecule has 1 rings (SSSR count). The van der Waals surface area contributed by atoms with Crippen LogP contribution in [-0.4, -0.2) is 29.6 Å². The van der Waals surface area contributed by atoms with Gasteiger partial charge in [-0.3, -0.25) is 4.90 Å². The van der Waals surface area contributed by atoms with Crippen LogP contribution in [0.3, 0.4) is 0 Å². The summed E-state index contributed by atoms with van der Waals surface area (Å²) in [5, 5.41) is 0. The van der Waals surface area contributed by atoms with Crippen LogP contribution in [0.5, 0.6) is 0 Å². The second-order valence-corrected chi connectivity index (χ2v) is 5.65. The lowest BCUT2D eigenvalue weighted by atomic mass is 9.80. The zero-order chi connectivity index (χ0) is 12.1. The first kappa shape index (κ1) is 14.0. The molecule has 2 heteroatoms. The molecule has 0 heterocycles. The molecule has 3 atom stereocenters. The Morgan fingerprint density at radius 3 is 2.44 bits per heavy atom. The van der Waals surface area contributed by atoms with Crippen molar-refractivity contribution in [1.82, 2.24) is 4.90 Å². The Labute approximate surface area is 102 Å². The predicted molar refractivity (Wildman–Crippen MR) is 71.5 cm³/mol. The summed E-state index contributed by atoms with van der Waals surface area (Å²) in [7, 11) is 0. The van der Waals surface area contributed by atoms with Gasteiger partial charge in [0, 0.05) is 18.1 Å². The van der Waals surface area contributed by atoms with E-state index in [0.717, 1.165) is 5.92 Å². The van der Waals surface area contributed by atoms with E-state index in [1.54, 1.807) is 0 Å². The molecule has 0 aromatic carbocycles. The van der Waals surface area contributed by atoms with Crippen LogP contribution in [0.4, 0.5) is 0 Å². The van der Waals surface area contributed by atoms with Crippen LogP contribution in [-0.2, 0) is 0 Å². The molecule has 16 heavy (non-hydrogen) atoms. The van der Waals surface area contributed by atoms with Gasteiger partial charge in [0.25, 0.3) is 0 Å². The maximum Gasteiger partial charge on any atom is 0.0252 e. The molecule has 0 radical (unpaired) electrons. The van der Waals surface area contributed by atoms with E-state index in [2.05, 4.69) is 32.6 Å². The molecule has 0 aliphatic heterocycles. The maximum absolute atomic E-state index is 6.32. The van der Waals surface area contributed by atoms with E-state index in [9.17, 15) is 0 Å². The zero-order valence-electron chi connectivity index (χ0n) is 11.6. The van der Waals surface area contributed by atoms with Gasteiger partial charge in [-0.1, -0.05) is 20.3 Å². The number of nitrogens with zero attached hydrogens (tertiary/aromatic N) is 1. The molecule has 2 N–H and O–H groups in total. The van der Waals surface area contributed by atoms with E-state index in [-0.39, 0.29) is 0 Å². The molecule has 3 unspecified atom stereocenters. The van der Waals surface area contributed by atoms with Crippen LogP contribution in [0.25, 0.3) is 0 Å². The summed E-state index contributed by atoms with van der Waals surface area (Å²) in [6, 6.07) is 1.65. The minimum atomic E-state index is 0.400. The van der Waals surface area contributed by atoms with Gasteiger partial charge < -0.3 is 5.73 Å². The van der Waals surface area contributed by atoms with Crippen LogP contribution in [0.2, 0.25) is 0 Å². The van der Waals surface area contributed by atoms with Gasteiger partial charge in [-0.05, 0) is 52.0 Å². The number of nitrogens with two attached hydrogens (primary N) is 1. The summed E-state index contributed by atoms with van der Waals surface area (Å²) in [5.41, 5.74) is 6.32. The molecular weight excluding hydrogens is 196 g/mol. The van der Waals surface area contributed by atoms with E-state index in [1.807, 2.05) is 0 Å². The van der Waals surface area contributed by atoms with Crippen molar-refractivity contribution < 1.29 is 0 Å². The summed E-state index contributed by atoms with van der Waals surface area (Å²) in [6.45, 7) is 10.4. The van der Waals surface area contributed by atoms with Gasteiger partial charge in [0.05, 0.1) is 0 Å². The Kier molecular flexibility index (Phi) is 5.77. The third-order valence-electron chi connectivity index (χ3n) is 4.13. The Bertz CT molecular complexity index is 191. The highest BCUT2D eigenvalue weighted by Crippen LogP contribution is 2.30. The molecule has 1 saturated carbocycles. The van der Waals surface area contributed by atoms with Crippen molar-refractivity contribution >= 4 is 0 Å². The molecule has 2 nitrogen and oxygen atoms in total. The highest BCUT2D eigenvalue weighted by molar-refractivity contribution is 4.90. The third-order valence-corrected chi connectivity index (χ3v) is 4.13. The highest BCUT2D eigenvalue weighted by Gasteiger charge is 2.32. The molecule has 0 amide bonds.